The Kier molecular flexibility index (Phi) is 9.00. The molecule has 112 valence electrons. The number of hydrogen-bond acceptors (Lipinski definition) is 2. The fraction of sp³-hybridized carbons (Fsp3) is 0.857. The van der Waals surface area contributed by atoms with Crippen molar-refractivity contribution in [3.05, 3.63) is 0 Å². The molecule has 1 atom stereocenters. The van der Waals surface area contributed by atoms with Gasteiger partial charge in [0.05, 0.1) is 0 Å². The summed E-state index contributed by atoms with van der Waals surface area (Å²) in [6.07, 6.45) is 2.70. The van der Waals surface area contributed by atoms with Crippen LogP contribution in [0, 0.1) is 11.8 Å². The molecule has 0 saturated heterocycles. The molecule has 19 heavy (non-hydrogen) atoms. The molecule has 0 aromatic carbocycles. The zero-order valence-electron chi connectivity index (χ0n) is 12.5. The van der Waals surface area contributed by atoms with Gasteiger partial charge in [0.25, 0.3) is 0 Å². The highest BCUT2D eigenvalue weighted by atomic mass is 16.4. The van der Waals surface area contributed by atoms with Crippen molar-refractivity contribution >= 4 is 12.0 Å². The van der Waals surface area contributed by atoms with Gasteiger partial charge in [-0.05, 0) is 31.1 Å². The Hall–Kier alpha value is -1.26. The van der Waals surface area contributed by atoms with Gasteiger partial charge in [-0.3, -0.25) is 4.79 Å². The fourth-order valence-corrected chi connectivity index (χ4v) is 2.12. The minimum absolute atomic E-state index is 0.00930. The van der Waals surface area contributed by atoms with Gasteiger partial charge >= 0.3 is 12.0 Å². The van der Waals surface area contributed by atoms with E-state index in [9.17, 15) is 9.59 Å². The Balaban J connectivity index is 4.14. The zero-order chi connectivity index (χ0) is 14.8. The van der Waals surface area contributed by atoms with Crippen molar-refractivity contribution < 1.29 is 14.7 Å². The third-order valence-corrected chi connectivity index (χ3v) is 3.14. The van der Waals surface area contributed by atoms with Crippen LogP contribution < -0.4 is 10.6 Å². The van der Waals surface area contributed by atoms with Crippen LogP contribution in [0.15, 0.2) is 0 Å². The summed E-state index contributed by atoms with van der Waals surface area (Å²) in [4.78, 5) is 22.5. The van der Waals surface area contributed by atoms with Gasteiger partial charge in [0.1, 0.15) is 0 Å². The second-order valence-electron chi connectivity index (χ2n) is 5.46. The molecule has 3 N–H and O–H groups in total. The molecule has 0 spiro atoms. The van der Waals surface area contributed by atoms with E-state index in [-0.39, 0.29) is 24.4 Å². The topological polar surface area (TPSA) is 78.4 Å². The summed E-state index contributed by atoms with van der Waals surface area (Å²) in [6.45, 7) is 8.58. The number of carbonyl (C=O) groups is 2. The summed E-state index contributed by atoms with van der Waals surface area (Å²) in [5.41, 5.74) is 0. The lowest BCUT2D eigenvalue weighted by atomic mass is 9.94. The Morgan fingerprint density at radius 3 is 2.16 bits per heavy atom. The first kappa shape index (κ1) is 17.7. The van der Waals surface area contributed by atoms with Crippen molar-refractivity contribution in [2.24, 2.45) is 11.8 Å². The van der Waals surface area contributed by atoms with E-state index in [1.54, 1.807) is 0 Å². The summed E-state index contributed by atoms with van der Waals surface area (Å²) < 4.78 is 0. The van der Waals surface area contributed by atoms with E-state index in [0.29, 0.717) is 12.5 Å². The first-order chi connectivity index (χ1) is 8.88. The summed E-state index contributed by atoms with van der Waals surface area (Å²) in [5, 5.41) is 14.5. The molecular weight excluding hydrogens is 244 g/mol. The van der Waals surface area contributed by atoms with Crippen molar-refractivity contribution in [3.63, 3.8) is 0 Å². The Morgan fingerprint density at radius 1 is 1.16 bits per heavy atom. The lowest BCUT2D eigenvalue weighted by Gasteiger charge is -2.20. The van der Waals surface area contributed by atoms with Crippen LogP contribution >= 0.6 is 0 Å². The van der Waals surface area contributed by atoms with E-state index < -0.39 is 5.97 Å². The van der Waals surface area contributed by atoms with Crippen LogP contribution in [0.5, 0.6) is 0 Å². The van der Waals surface area contributed by atoms with Crippen LogP contribution in [0.4, 0.5) is 4.79 Å². The molecule has 0 rings (SSSR count). The molecule has 0 aromatic heterocycles. The Labute approximate surface area is 116 Å². The van der Waals surface area contributed by atoms with Gasteiger partial charge in [0, 0.05) is 19.0 Å². The van der Waals surface area contributed by atoms with Crippen molar-refractivity contribution in [3.8, 4) is 0 Å². The zero-order valence-corrected chi connectivity index (χ0v) is 12.5. The normalized spacial score (nSPS) is 12.5. The van der Waals surface area contributed by atoms with Gasteiger partial charge < -0.3 is 15.7 Å². The summed E-state index contributed by atoms with van der Waals surface area (Å²) in [7, 11) is 0. The monoisotopic (exact) mass is 272 g/mol. The molecule has 5 nitrogen and oxygen atoms in total. The van der Waals surface area contributed by atoms with Crippen LogP contribution in [-0.2, 0) is 4.79 Å². The molecular formula is C14H28N2O3. The molecule has 2 amide bonds. The van der Waals surface area contributed by atoms with E-state index in [4.69, 9.17) is 5.11 Å². The molecule has 0 radical (unpaired) electrons. The molecule has 0 aliphatic carbocycles. The van der Waals surface area contributed by atoms with Crippen molar-refractivity contribution in [2.45, 2.75) is 59.4 Å². The maximum Gasteiger partial charge on any atom is 0.315 e. The van der Waals surface area contributed by atoms with E-state index in [1.807, 2.05) is 13.8 Å². The highest BCUT2D eigenvalue weighted by Crippen LogP contribution is 2.14. The minimum atomic E-state index is -0.812. The predicted octanol–water partition coefficient (Wildman–Crippen LogP) is 2.61. The Morgan fingerprint density at radius 2 is 1.74 bits per heavy atom. The van der Waals surface area contributed by atoms with Crippen LogP contribution in [0.2, 0.25) is 0 Å². The average Bonchev–Trinajstić information content (AvgIpc) is 2.31. The number of amides is 2. The summed E-state index contributed by atoms with van der Waals surface area (Å²) >= 11 is 0. The standard InChI is InChI=1S/C14H28N2O3/c1-5-12(6-2)16-14(19)15-9-11(7-10(3)4)8-13(17)18/h10-12H,5-9H2,1-4H3,(H,17,18)(H2,15,16,19)/t11-/m0/s1. The van der Waals surface area contributed by atoms with Gasteiger partial charge in [-0.25, -0.2) is 4.79 Å². The SMILES string of the molecule is CCC(CC)NC(=O)NC[C@H](CC(=O)O)CC(C)C. The molecule has 0 heterocycles. The molecule has 0 aliphatic heterocycles. The van der Waals surface area contributed by atoms with E-state index in [0.717, 1.165) is 19.3 Å². The number of nitrogens with one attached hydrogen (secondary N) is 2. The predicted molar refractivity (Wildman–Crippen MR) is 76.1 cm³/mol. The molecule has 0 unspecified atom stereocenters. The lowest BCUT2D eigenvalue weighted by Crippen LogP contribution is -2.43. The maximum absolute atomic E-state index is 11.7. The van der Waals surface area contributed by atoms with E-state index in [1.165, 1.54) is 0 Å². The molecule has 0 saturated carbocycles. The highest BCUT2D eigenvalue weighted by molar-refractivity contribution is 5.74. The first-order valence-corrected chi connectivity index (χ1v) is 7.15. The van der Waals surface area contributed by atoms with Crippen LogP contribution in [-0.4, -0.2) is 29.7 Å². The number of hydrogen-bond donors (Lipinski definition) is 3. The van der Waals surface area contributed by atoms with Gasteiger partial charge in [-0.2, -0.15) is 0 Å². The third kappa shape index (κ3) is 9.33. The number of aliphatic carboxylic acids is 1. The van der Waals surface area contributed by atoms with Gasteiger partial charge in [-0.15, -0.1) is 0 Å². The molecule has 0 aromatic rings. The van der Waals surface area contributed by atoms with Gasteiger partial charge in [-0.1, -0.05) is 27.7 Å². The fourth-order valence-electron chi connectivity index (χ4n) is 2.12. The number of rotatable bonds is 9. The Bertz CT molecular complexity index is 276. The van der Waals surface area contributed by atoms with Crippen molar-refractivity contribution in [1.82, 2.24) is 10.6 Å². The van der Waals surface area contributed by atoms with Crippen molar-refractivity contribution in [2.75, 3.05) is 6.54 Å². The minimum Gasteiger partial charge on any atom is -0.481 e. The molecule has 0 fully saturated rings. The van der Waals surface area contributed by atoms with Crippen LogP contribution in [0.3, 0.4) is 0 Å². The van der Waals surface area contributed by atoms with E-state index in [2.05, 4.69) is 24.5 Å². The molecule has 0 aliphatic rings. The number of carbonyl (C=O) groups excluding carboxylic acids is 1. The number of carboxylic acid groups (broad SMARTS) is 1. The third-order valence-electron chi connectivity index (χ3n) is 3.14. The second-order valence-corrected chi connectivity index (χ2v) is 5.46. The van der Waals surface area contributed by atoms with E-state index >= 15 is 0 Å². The smallest absolute Gasteiger partial charge is 0.315 e. The van der Waals surface area contributed by atoms with Gasteiger partial charge in [0.15, 0.2) is 0 Å². The summed E-state index contributed by atoms with van der Waals surface area (Å²) in [5.74, 6) is -0.397. The molecule has 0 bridgehead atoms. The highest BCUT2D eigenvalue weighted by Gasteiger charge is 2.16. The largest absolute Gasteiger partial charge is 0.481 e. The van der Waals surface area contributed by atoms with Gasteiger partial charge in [0.2, 0.25) is 0 Å². The second kappa shape index (κ2) is 9.64. The van der Waals surface area contributed by atoms with Crippen molar-refractivity contribution in [1.29, 1.82) is 0 Å². The molecule has 5 heteroatoms. The quantitative estimate of drug-likeness (QED) is 0.603. The number of urea groups is 1. The summed E-state index contributed by atoms with van der Waals surface area (Å²) in [6, 6.07) is -0.0177. The number of carboxylic acids is 1. The average molecular weight is 272 g/mol. The lowest BCUT2D eigenvalue weighted by molar-refractivity contribution is -0.138. The van der Waals surface area contributed by atoms with Crippen LogP contribution in [0.1, 0.15) is 53.4 Å². The first-order valence-electron chi connectivity index (χ1n) is 7.15. The van der Waals surface area contributed by atoms with Crippen LogP contribution in [0.25, 0.3) is 0 Å². The maximum atomic E-state index is 11.7.